The molecule has 0 rings (SSSR count). The van der Waals surface area contributed by atoms with Gasteiger partial charge in [-0.15, -0.1) is 0 Å². The van der Waals surface area contributed by atoms with E-state index in [4.69, 9.17) is 19.2 Å². The van der Waals surface area contributed by atoms with Gasteiger partial charge in [0, 0.05) is 32.7 Å². The van der Waals surface area contributed by atoms with Crippen molar-refractivity contribution in [2.45, 2.75) is 0 Å². The predicted molar refractivity (Wildman–Crippen MR) is 22.6 cm³/mol. The summed E-state index contributed by atoms with van der Waals surface area (Å²) in [5, 5.41) is 0. The average Bonchev–Trinajstić information content (AvgIpc) is 0.722. The fraction of sp³-hybridized carbons (Fsp3) is 0. The Hall–Kier alpha value is 2.42. The number of hydrogen-bond donors (Lipinski definition) is 4. The van der Waals surface area contributed by atoms with Crippen molar-refractivity contribution < 1.29 is 54.7 Å². The number of hydrogen-bond acceptors (Lipinski definition) is 4. The van der Waals surface area contributed by atoms with Crippen LogP contribution in [-0.2, 0) is 32.7 Å². The summed E-state index contributed by atoms with van der Waals surface area (Å²) < 4.78 is 0. The maximum atomic E-state index is 7.33. The normalized spacial score (nSPS) is 8.57. The second-order valence-corrected chi connectivity index (χ2v) is 1.80. The van der Waals surface area contributed by atoms with E-state index in [9.17, 15) is 0 Å². The Morgan fingerprint density at radius 1 is 1.00 bits per heavy atom. The van der Waals surface area contributed by atoms with E-state index in [1.807, 2.05) is 0 Å². The van der Waals surface area contributed by atoms with E-state index in [1.165, 1.54) is 0 Å². The SMILES string of the molecule is O[Si](O)(O)O.[Ca+2].[H-].[H-].[Y]. The zero-order valence-electron chi connectivity index (χ0n) is 5.57. The maximum Gasteiger partial charge on any atom is 2.00 e. The molecule has 0 aromatic heterocycles. The standard InChI is InChI=1S/Ca.H4O4Si.Y.2H/c;1-5(2,3)4;;;/h;1-4H;;;/q+2;;;2*-1. The monoisotopic (exact) mass is 227 g/mol. The molecule has 0 heterocycles. The van der Waals surface area contributed by atoms with E-state index < -0.39 is 9.05 Å². The Morgan fingerprint density at radius 3 is 1.00 bits per heavy atom. The van der Waals surface area contributed by atoms with Crippen molar-refractivity contribution in [3.8, 4) is 0 Å². The van der Waals surface area contributed by atoms with Gasteiger partial charge < -0.3 is 22.0 Å². The molecular weight excluding hydrogens is 221 g/mol. The van der Waals surface area contributed by atoms with Gasteiger partial charge in [0.15, 0.2) is 0 Å². The zero-order valence-corrected chi connectivity index (χ0v) is 9.62. The summed E-state index contributed by atoms with van der Waals surface area (Å²) in [4.78, 5) is 29.3. The van der Waals surface area contributed by atoms with Crippen LogP contribution in [0.4, 0.5) is 0 Å². The Balaban J connectivity index is -0.0000000133. The second kappa shape index (κ2) is 6.54. The Bertz CT molecular complexity index is 34.0. The molecule has 0 aromatic rings. The molecule has 0 spiro atoms. The minimum Gasteiger partial charge on any atom is -1.00 e. The molecule has 0 aliphatic rings. The van der Waals surface area contributed by atoms with Crippen LogP contribution < -0.4 is 0 Å². The fourth-order valence-electron chi connectivity index (χ4n) is 0. The molecule has 0 saturated carbocycles. The predicted octanol–water partition coefficient (Wildman–Crippen LogP) is -2.77. The summed E-state index contributed by atoms with van der Waals surface area (Å²) in [7, 11) is -4.61. The van der Waals surface area contributed by atoms with Gasteiger partial charge in [-0.25, -0.2) is 0 Å². The van der Waals surface area contributed by atoms with Crippen molar-refractivity contribution in [1.82, 2.24) is 0 Å². The van der Waals surface area contributed by atoms with Crippen LogP contribution in [-0.4, -0.2) is 66.0 Å². The average molecular weight is 227 g/mol. The summed E-state index contributed by atoms with van der Waals surface area (Å²) in [6.07, 6.45) is 0. The molecule has 7 heteroatoms. The fourth-order valence-corrected chi connectivity index (χ4v) is 0. The van der Waals surface area contributed by atoms with Gasteiger partial charge in [-0.2, -0.15) is 0 Å². The van der Waals surface area contributed by atoms with Crippen molar-refractivity contribution in [3.05, 3.63) is 0 Å². The van der Waals surface area contributed by atoms with Crippen LogP contribution in [0.2, 0.25) is 0 Å². The first-order valence-electron chi connectivity index (χ1n) is 0.894. The van der Waals surface area contributed by atoms with Gasteiger partial charge >= 0.3 is 46.8 Å². The molecule has 1 radical (unpaired) electrons. The largest absolute Gasteiger partial charge is 2.00 e. The van der Waals surface area contributed by atoms with Crippen molar-refractivity contribution in [1.29, 1.82) is 0 Å². The van der Waals surface area contributed by atoms with Crippen LogP contribution >= 0.6 is 0 Å². The van der Waals surface area contributed by atoms with Crippen molar-refractivity contribution in [3.63, 3.8) is 0 Å². The molecule has 0 fully saturated rings. The summed E-state index contributed by atoms with van der Waals surface area (Å²) in [6.45, 7) is 0. The van der Waals surface area contributed by atoms with E-state index in [-0.39, 0.29) is 73.3 Å². The van der Waals surface area contributed by atoms with E-state index in [1.54, 1.807) is 0 Å². The first-order valence-corrected chi connectivity index (χ1v) is 2.68. The third-order valence-electron chi connectivity index (χ3n) is 0. The van der Waals surface area contributed by atoms with Crippen LogP contribution in [0.1, 0.15) is 2.85 Å². The van der Waals surface area contributed by atoms with Gasteiger partial charge in [0.2, 0.25) is 0 Å². The molecule has 39 valence electrons. The second-order valence-electron chi connectivity index (χ2n) is 0.600. The molecule has 0 atom stereocenters. The summed E-state index contributed by atoms with van der Waals surface area (Å²) in [5.74, 6) is 0. The van der Waals surface area contributed by atoms with E-state index in [0.717, 1.165) is 0 Å². The van der Waals surface area contributed by atoms with E-state index in [0.29, 0.717) is 0 Å². The molecule has 0 saturated heterocycles. The number of rotatable bonds is 0. The molecule has 0 unspecified atom stereocenters. The third-order valence-corrected chi connectivity index (χ3v) is 0. The minimum absolute atomic E-state index is 0. The van der Waals surface area contributed by atoms with Crippen LogP contribution in [0.15, 0.2) is 0 Å². The smallest absolute Gasteiger partial charge is 1.00 e. The molecule has 4 nitrogen and oxygen atoms in total. The zero-order chi connectivity index (χ0) is 4.50. The van der Waals surface area contributed by atoms with Gasteiger partial charge in [0.1, 0.15) is 0 Å². The molecule has 7 heavy (non-hydrogen) atoms. The molecule has 0 amide bonds. The van der Waals surface area contributed by atoms with Gasteiger partial charge in [0.05, 0.1) is 0 Å². The molecule has 0 aliphatic heterocycles. The van der Waals surface area contributed by atoms with Crippen LogP contribution in [0, 0.1) is 0 Å². The topological polar surface area (TPSA) is 80.9 Å². The van der Waals surface area contributed by atoms with Gasteiger partial charge in [-0.3, -0.25) is 0 Å². The van der Waals surface area contributed by atoms with Crippen LogP contribution in [0.25, 0.3) is 0 Å². The van der Waals surface area contributed by atoms with Crippen molar-refractivity contribution >= 4 is 46.8 Å². The summed E-state index contributed by atoms with van der Waals surface area (Å²) in [5.41, 5.74) is 0. The van der Waals surface area contributed by atoms with Gasteiger partial charge in [0.25, 0.3) is 0 Å². The van der Waals surface area contributed by atoms with Crippen LogP contribution in [0.5, 0.6) is 0 Å². The Kier molecular flexibility index (Phi) is 15.1. The van der Waals surface area contributed by atoms with Crippen molar-refractivity contribution in [2.75, 3.05) is 0 Å². The first kappa shape index (κ1) is 16.2. The molecule has 0 aromatic carbocycles. The maximum absolute atomic E-state index is 7.33. The van der Waals surface area contributed by atoms with E-state index in [2.05, 4.69) is 0 Å². The van der Waals surface area contributed by atoms with Gasteiger partial charge in [-0.1, -0.05) is 0 Å². The molecular formula is H6CaO4SiY. The minimum atomic E-state index is -4.61. The Labute approximate surface area is 99.9 Å². The van der Waals surface area contributed by atoms with Crippen LogP contribution in [0.3, 0.4) is 0 Å². The molecule has 4 N–H and O–H groups in total. The molecule has 0 aliphatic carbocycles. The third kappa shape index (κ3) is 59.2. The van der Waals surface area contributed by atoms with Crippen molar-refractivity contribution in [2.24, 2.45) is 0 Å². The van der Waals surface area contributed by atoms with Gasteiger partial charge in [-0.05, 0) is 0 Å². The van der Waals surface area contributed by atoms with E-state index >= 15 is 0 Å². The first-order chi connectivity index (χ1) is 2.00. The Morgan fingerprint density at radius 2 is 1.00 bits per heavy atom. The quantitative estimate of drug-likeness (QED) is 0.338. The summed E-state index contributed by atoms with van der Waals surface area (Å²) in [6, 6.07) is 0. The summed E-state index contributed by atoms with van der Waals surface area (Å²) >= 11 is 0. The molecule has 0 bridgehead atoms.